The van der Waals surface area contributed by atoms with Gasteiger partial charge in [0.05, 0.1) is 4.70 Å². The first-order chi connectivity index (χ1) is 10.2. The predicted octanol–water partition coefficient (Wildman–Crippen LogP) is 4.59. The van der Waals surface area contributed by atoms with E-state index in [0.717, 1.165) is 10.1 Å². The maximum Gasteiger partial charge on any atom is 0.534 e. The Kier molecular flexibility index (Phi) is 3.33. The van der Waals surface area contributed by atoms with Crippen LogP contribution >= 0.6 is 11.3 Å². The third kappa shape index (κ3) is 2.32. The van der Waals surface area contributed by atoms with Crippen LogP contribution in [-0.4, -0.2) is 13.9 Å². The Morgan fingerprint density at radius 2 is 1.73 bits per heavy atom. The second kappa shape index (κ2) is 4.85. The van der Waals surface area contributed by atoms with E-state index in [4.69, 9.17) is 0 Å². The van der Waals surface area contributed by atoms with Gasteiger partial charge in [0.25, 0.3) is 0 Å². The van der Waals surface area contributed by atoms with E-state index in [2.05, 4.69) is 4.18 Å². The molecule has 0 atom stereocenters. The van der Waals surface area contributed by atoms with Gasteiger partial charge in [0.1, 0.15) is 0 Å². The smallest absolute Gasteiger partial charge is 0.374 e. The highest BCUT2D eigenvalue weighted by atomic mass is 32.2. The molecule has 0 unspecified atom stereocenters. The molecule has 0 saturated heterocycles. The van der Waals surface area contributed by atoms with Crippen LogP contribution in [0.3, 0.4) is 0 Å². The third-order valence-electron chi connectivity index (χ3n) is 3.17. The molecule has 0 aliphatic heterocycles. The van der Waals surface area contributed by atoms with Crippen LogP contribution in [0, 0.1) is 6.92 Å². The SMILES string of the molecule is Cc1ccc2c(sc3ccccc32)c1OS(=O)(=O)C(F)(F)F. The minimum atomic E-state index is -5.70. The first kappa shape index (κ1) is 15.1. The fourth-order valence-electron chi connectivity index (χ4n) is 2.12. The largest absolute Gasteiger partial charge is 0.534 e. The number of halogens is 3. The second-order valence-electron chi connectivity index (χ2n) is 4.67. The van der Waals surface area contributed by atoms with Crippen LogP contribution < -0.4 is 4.18 Å². The Bertz CT molecular complexity index is 972. The van der Waals surface area contributed by atoms with Gasteiger partial charge in [0.2, 0.25) is 0 Å². The van der Waals surface area contributed by atoms with E-state index < -0.39 is 15.6 Å². The van der Waals surface area contributed by atoms with E-state index in [0.29, 0.717) is 15.6 Å². The summed E-state index contributed by atoms with van der Waals surface area (Å²) >= 11 is 1.20. The molecule has 3 rings (SSSR count). The molecule has 0 amide bonds. The first-order valence-electron chi connectivity index (χ1n) is 6.12. The predicted molar refractivity (Wildman–Crippen MR) is 79.7 cm³/mol. The molecular formula is C14H9F3O3S2. The standard InChI is InChI=1S/C14H9F3O3S2/c1-8-6-7-10-9-4-2-3-5-11(9)21-13(10)12(8)20-22(18,19)14(15,16)17/h2-7H,1H3. The molecule has 3 aromatic rings. The van der Waals surface area contributed by atoms with Gasteiger partial charge in [0.15, 0.2) is 5.75 Å². The van der Waals surface area contributed by atoms with Crippen molar-refractivity contribution < 1.29 is 25.8 Å². The highest BCUT2D eigenvalue weighted by Crippen LogP contribution is 2.42. The average molecular weight is 346 g/mol. The van der Waals surface area contributed by atoms with Crippen molar-refractivity contribution in [2.75, 3.05) is 0 Å². The van der Waals surface area contributed by atoms with E-state index in [-0.39, 0.29) is 5.75 Å². The number of rotatable bonds is 2. The van der Waals surface area contributed by atoms with Crippen LogP contribution in [0.5, 0.6) is 5.75 Å². The Morgan fingerprint density at radius 1 is 1.05 bits per heavy atom. The van der Waals surface area contributed by atoms with Crippen molar-refractivity contribution in [2.24, 2.45) is 0 Å². The Balaban J connectivity index is 2.27. The minimum Gasteiger partial charge on any atom is -0.374 e. The molecule has 0 spiro atoms. The summed E-state index contributed by atoms with van der Waals surface area (Å²) in [4.78, 5) is 0. The van der Waals surface area contributed by atoms with E-state index in [1.165, 1.54) is 18.3 Å². The van der Waals surface area contributed by atoms with E-state index >= 15 is 0 Å². The lowest BCUT2D eigenvalue weighted by molar-refractivity contribution is -0.0499. The maximum atomic E-state index is 12.5. The highest BCUT2D eigenvalue weighted by molar-refractivity contribution is 7.88. The van der Waals surface area contributed by atoms with Gasteiger partial charge in [-0.1, -0.05) is 30.3 Å². The number of benzene rings is 2. The van der Waals surface area contributed by atoms with Crippen LogP contribution in [0.25, 0.3) is 20.2 Å². The molecule has 1 heterocycles. The van der Waals surface area contributed by atoms with Gasteiger partial charge in [-0.05, 0) is 18.6 Å². The lowest BCUT2D eigenvalue weighted by Gasteiger charge is -2.12. The summed E-state index contributed by atoms with van der Waals surface area (Å²) in [6, 6.07) is 10.5. The lowest BCUT2D eigenvalue weighted by atomic mass is 10.1. The maximum absolute atomic E-state index is 12.5. The number of hydrogen-bond acceptors (Lipinski definition) is 4. The van der Waals surface area contributed by atoms with Gasteiger partial charge in [-0.2, -0.15) is 21.6 Å². The zero-order valence-corrected chi connectivity index (χ0v) is 12.8. The van der Waals surface area contributed by atoms with E-state index in [1.54, 1.807) is 24.3 Å². The minimum absolute atomic E-state index is 0.268. The Hall–Kier alpha value is -1.80. The molecule has 0 aliphatic rings. The normalized spacial score (nSPS) is 12.9. The van der Waals surface area contributed by atoms with Crippen molar-refractivity contribution in [3.05, 3.63) is 42.0 Å². The van der Waals surface area contributed by atoms with E-state index in [9.17, 15) is 21.6 Å². The number of aryl methyl sites for hydroxylation is 1. The van der Waals surface area contributed by atoms with Crippen molar-refractivity contribution >= 4 is 41.6 Å². The van der Waals surface area contributed by atoms with E-state index in [1.807, 2.05) is 12.1 Å². The van der Waals surface area contributed by atoms with Crippen molar-refractivity contribution in [3.63, 3.8) is 0 Å². The van der Waals surface area contributed by atoms with Crippen LogP contribution in [0.2, 0.25) is 0 Å². The molecule has 116 valence electrons. The molecule has 1 aromatic heterocycles. The van der Waals surface area contributed by atoms with Crippen LogP contribution in [0.15, 0.2) is 36.4 Å². The summed E-state index contributed by atoms with van der Waals surface area (Å²) in [6.07, 6.45) is 0. The van der Waals surface area contributed by atoms with Crippen molar-refractivity contribution in [3.8, 4) is 5.75 Å². The quantitative estimate of drug-likeness (QED) is 0.503. The van der Waals surface area contributed by atoms with Gasteiger partial charge < -0.3 is 4.18 Å². The van der Waals surface area contributed by atoms with Gasteiger partial charge in [0, 0.05) is 15.5 Å². The number of fused-ring (bicyclic) bond motifs is 3. The zero-order valence-electron chi connectivity index (χ0n) is 11.1. The van der Waals surface area contributed by atoms with Crippen molar-refractivity contribution in [1.29, 1.82) is 0 Å². The van der Waals surface area contributed by atoms with Crippen molar-refractivity contribution in [2.45, 2.75) is 12.4 Å². The van der Waals surface area contributed by atoms with Gasteiger partial charge in [-0.15, -0.1) is 11.3 Å². The number of alkyl halides is 3. The average Bonchev–Trinajstić information content (AvgIpc) is 2.79. The van der Waals surface area contributed by atoms with Gasteiger partial charge in [-0.25, -0.2) is 0 Å². The molecule has 22 heavy (non-hydrogen) atoms. The third-order valence-corrected chi connectivity index (χ3v) is 5.31. The Morgan fingerprint density at radius 3 is 2.41 bits per heavy atom. The summed E-state index contributed by atoms with van der Waals surface area (Å²) < 4.78 is 65.8. The fourth-order valence-corrected chi connectivity index (χ4v) is 3.94. The van der Waals surface area contributed by atoms with Crippen LogP contribution in [-0.2, 0) is 10.1 Å². The number of thiophene rings is 1. The summed E-state index contributed by atoms with van der Waals surface area (Å²) in [5.41, 5.74) is -5.13. The molecule has 0 saturated carbocycles. The summed E-state index contributed by atoms with van der Waals surface area (Å²) in [6.45, 7) is 1.51. The monoisotopic (exact) mass is 346 g/mol. The number of hydrogen-bond donors (Lipinski definition) is 0. The van der Waals surface area contributed by atoms with Gasteiger partial charge in [-0.3, -0.25) is 0 Å². The lowest BCUT2D eigenvalue weighted by Crippen LogP contribution is -2.28. The molecule has 8 heteroatoms. The molecule has 0 aliphatic carbocycles. The van der Waals surface area contributed by atoms with Crippen molar-refractivity contribution in [1.82, 2.24) is 0 Å². The second-order valence-corrected chi connectivity index (χ2v) is 7.26. The highest BCUT2D eigenvalue weighted by Gasteiger charge is 2.49. The Labute approximate surface area is 128 Å². The summed E-state index contributed by atoms with van der Waals surface area (Å²) in [5.74, 6) is -0.268. The molecule has 0 bridgehead atoms. The molecule has 0 radical (unpaired) electrons. The molecule has 3 nitrogen and oxygen atoms in total. The van der Waals surface area contributed by atoms with Crippen LogP contribution in [0.1, 0.15) is 5.56 Å². The first-order valence-corrected chi connectivity index (χ1v) is 8.35. The van der Waals surface area contributed by atoms with Crippen LogP contribution in [0.4, 0.5) is 13.2 Å². The summed E-state index contributed by atoms with van der Waals surface area (Å²) in [7, 11) is -5.70. The molecule has 0 N–H and O–H groups in total. The van der Waals surface area contributed by atoms with Gasteiger partial charge >= 0.3 is 15.6 Å². The zero-order chi connectivity index (χ0) is 16.1. The topological polar surface area (TPSA) is 43.4 Å². The fraction of sp³-hybridized carbons (Fsp3) is 0.143. The molecular weight excluding hydrogens is 337 g/mol. The molecule has 0 fully saturated rings. The summed E-state index contributed by atoms with van der Waals surface area (Å²) in [5, 5.41) is 1.51. The molecule has 2 aromatic carbocycles.